The van der Waals surface area contributed by atoms with Crippen LogP contribution in [0.4, 0.5) is 0 Å². The largest absolute Gasteiger partial charge is 0.493 e. The maximum atomic E-state index is 12.6. The van der Waals surface area contributed by atoms with E-state index in [4.69, 9.17) is 14.2 Å². The van der Waals surface area contributed by atoms with Crippen LogP contribution < -0.4 is 18.9 Å². The zero-order chi connectivity index (χ0) is 21.3. The van der Waals surface area contributed by atoms with Crippen LogP contribution in [-0.2, 0) is 16.6 Å². The van der Waals surface area contributed by atoms with Gasteiger partial charge in [-0.3, -0.25) is 0 Å². The average Bonchev–Trinajstić information content (AvgIpc) is 2.83. The summed E-state index contributed by atoms with van der Waals surface area (Å²) in [7, 11) is 4.21. The fraction of sp³-hybridized carbons (Fsp3) is 0.429. The van der Waals surface area contributed by atoms with Crippen LogP contribution in [0.5, 0.6) is 17.2 Å². The van der Waals surface area contributed by atoms with Gasteiger partial charge < -0.3 is 14.2 Å². The first-order valence-corrected chi connectivity index (χ1v) is 10.8. The molecule has 1 aliphatic carbocycles. The molecule has 7 nitrogen and oxygen atoms in total. The minimum atomic E-state index is -3.60. The molecule has 0 fully saturated rings. The molecule has 0 aliphatic heterocycles. The molecule has 0 amide bonds. The Kier molecular flexibility index (Phi) is 6.07. The first-order chi connectivity index (χ1) is 13.7. The highest BCUT2D eigenvalue weighted by Crippen LogP contribution is 2.50. The molecule has 0 radical (unpaired) electrons. The molecular weight excluding hydrogens is 392 g/mol. The van der Waals surface area contributed by atoms with Crippen LogP contribution >= 0.6 is 0 Å². The summed E-state index contributed by atoms with van der Waals surface area (Å²) in [5.41, 5.74) is 4.83. The van der Waals surface area contributed by atoms with E-state index >= 15 is 0 Å². The van der Waals surface area contributed by atoms with E-state index in [9.17, 15) is 8.42 Å². The van der Waals surface area contributed by atoms with E-state index in [1.165, 1.54) is 18.4 Å². The third-order valence-corrected chi connectivity index (χ3v) is 6.78. The third-order valence-electron chi connectivity index (χ3n) is 5.24. The summed E-state index contributed by atoms with van der Waals surface area (Å²) in [6, 6.07) is 7.64. The van der Waals surface area contributed by atoms with Crippen molar-refractivity contribution < 1.29 is 22.6 Å². The van der Waals surface area contributed by atoms with Gasteiger partial charge in [0.05, 0.1) is 21.3 Å². The van der Waals surface area contributed by atoms with Crippen molar-refractivity contribution in [2.24, 2.45) is 0 Å². The highest BCUT2D eigenvalue weighted by Gasteiger charge is 2.31. The van der Waals surface area contributed by atoms with Crippen molar-refractivity contribution in [1.82, 2.24) is 9.03 Å². The van der Waals surface area contributed by atoms with Crippen LogP contribution in [0.15, 0.2) is 24.3 Å². The normalized spacial score (nSPS) is 16.0. The number of methoxy groups -OCH3 is 3. The Morgan fingerprint density at radius 2 is 1.72 bits per heavy atom. The molecule has 0 aromatic heterocycles. The maximum Gasteiger partial charge on any atom is 0.279 e. The molecular formula is C21H28N2O5S. The van der Waals surface area contributed by atoms with Crippen molar-refractivity contribution >= 4 is 10.2 Å². The van der Waals surface area contributed by atoms with Gasteiger partial charge in [0.1, 0.15) is 0 Å². The molecule has 0 unspecified atom stereocenters. The van der Waals surface area contributed by atoms with Crippen molar-refractivity contribution in [3.8, 4) is 28.4 Å². The number of ether oxygens (including phenoxy) is 3. The number of benzene rings is 2. The second kappa shape index (κ2) is 8.22. The Hall–Kier alpha value is -2.29. The second-order valence-electron chi connectivity index (χ2n) is 7.27. The number of nitrogens with zero attached hydrogens (tertiary/aromatic N) is 1. The monoisotopic (exact) mass is 420 g/mol. The predicted octanol–water partition coefficient (Wildman–Crippen LogP) is 3.07. The highest BCUT2D eigenvalue weighted by molar-refractivity contribution is 7.87. The van der Waals surface area contributed by atoms with E-state index in [0.29, 0.717) is 30.1 Å². The quantitative estimate of drug-likeness (QED) is 0.777. The summed E-state index contributed by atoms with van der Waals surface area (Å²) < 4.78 is 46.0. The van der Waals surface area contributed by atoms with Gasteiger partial charge in [0.25, 0.3) is 10.2 Å². The second-order valence-corrected chi connectivity index (χ2v) is 9.18. The number of rotatable bonds is 6. The van der Waals surface area contributed by atoms with Crippen molar-refractivity contribution in [2.45, 2.75) is 25.8 Å². The van der Waals surface area contributed by atoms with E-state index in [0.717, 1.165) is 27.8 Å². The number of hydrogen-bond donors (Lipinski definition) is 1. The number of fused-ring (bicyclic) bond motifs is 3. The van der Waals surface area contributed by atoms with Gasteiger partial charge in [0.15, 0.2) is 11.5 Å². The van der Waals surface area contributed by atoms with E-state index in [1.54, 1.807) is 21.3 Å². The Bertz CT molecular complexity index is 1020. The van der Waals surface area contributed by atoms with E-state index in [1.807, 2.05) is 31.2 Å². The first kappa shape index (κ1) is 21.4. The summed E-state index contributed by atoms with van der Waals surface area (Å²) in [5, 5.41) is 0. The number of nitrogens with one attached hydrogen (secondary N) is 1. The van der Waals surface area contributed by atoms with Crippen molar-refractivity contribution in [3.05, 3.63) is 41.0 Å². The lowest BCUT2D eigenvalue weighted by atomic mass is 9.93. The molecule has 8 heteroatoms. The predicted molar refractivity (Wildman–Crippen MR) is 113 cm³/mol. The molecule has 3 rings (SSSR count). The van der Waals surface area contributed by atoms with Crippen molar-refractivity contribution in [2.75, 3.05) is 35.4 Å². The van der Waals surface area contributed by atoms with Crippen LogP contribution in [0.3, 0.4) is 0 Å². The van der Waals surface area contributed by atoms with Crippen LogP contribution in [0.1, 0.15) is 29.2 Å². The van der Waals surface area contributed by atoms with Gasteiger partial charge in [-0.25, -0.2) is 0 Å². The maximum absolute atomic E-state index is 12.6. The molecule has 2 aromatic carbocycles. The zero-order valence-electron chi connectivity index (χ0n) is 17.7. The number of aryl methyl sites for hydroxylation is 2. The Morgan fingerprint density at radius 3 is 2.31 bits per heavy atom. The summed E-state index contributed by atoms with van der Waals surface area (Å²) in [5.74, 6) is 1.69. The summed E-state index contributed by atoms with van der Waals surface area (Å²) in [4.78, 5) is 0. The average molecular weight is 421 g/mol. The molecule has 0 heterocycles. The molecule has 0 saturated carbocycles. The SMILES string of the molecule is COc1cc2c(c(OC)c1OC)-c1ccc(C)cc1[C@@H](NS(=O)(=O)N(C)C)CC2. The van der Waals surface area contributed by atoms with Gasteiger partial charge in [-0.05, 0) is 42.5 Å². The Balaban J connectivity index is 2.26. The van der Waals surface area contributed by atoms with Gasteiger partial charge >= 0.3 is 0 Å². The van der Waals surface area contributed by atoms with Crippen LogP contribution in [0.25, 0.3) is 11.1 Å². The van der Waals surface area contributed by atoms with Gasteiger partial charge in [0, 0.05) is 25.7 Å². The van der Waals surface area contributed by atoms with Gasteiger partial charge in [-0.15, -0.1) is 0 Å². The topological polar surface area (TPSA) is 77.1 Å². The number of hydrogen-bond acceptors (Lipinski definition) is 5. The molecule has 158 valence electrons. The lowest BCUT2D eigenvalue weighted by molar-refractivity contribution is 0.324. The molecule has 0 spiro atoms. The van der Waals surface area contributed by atoms with E-state index < -0.39 is 10.2 Å². The van der Waals surface area contributed by atoms with Crippen LogP contribution in [0.2, 0.25) is 0 Å². The Labute approximate surface area is 172 Å². The van der Waals surface area contributed by atoms with Crippen molar-refractivity contribution in [1.29, 1.82) is 0 Å². The molecule has 2 aromatic rings. The molecule has 0 bridgehead atoms. The minimum absolute atomic E-state index is 0.369. The molecule has 1 N–H and O–H groups in total. The van der Waals surface area contributed by atoms with Crippen LogP contribution in [-0.4, -0.2) is 48.1 Å². The lowest BCUT2D eigenvalue weighted by Crippen LogP contribution is -2.38. The molecule has 29 heavy (non-hydrogen) atoms. The van der Waals surface area contributed by atoms with Gasteiger partial charge in [-0.1, -0.05) is 23.8 Å². The summed E-state index contributed by atoms with van der Waals surface area (Å²) in [6.07, 6.45) is 1.26. The van der Waals surface area contributed by atoms with E-state index in [-0.39, 0.29) is 6.04 Å². The van der Waals surface area contributed by atoms with Crippen molar-refractivity contribution in [3.63, 3.8) is 0 Å². The molecule has 0 saturated heterocycles. The van der Waals surface area contributed by atoms with Gasteiger partial charge in [-0.2, -0.15) is 17.4 Å². The first-order valence-electron chi connectivity index (χ1n) is 9.36. The summed E-state index contributed by atoms with van der Waals surface area (Å²) >= 11 is 0. The smallest absolute Gasteiger partial charge is 0.279 e. The molecule has 1 atom stereocenters. The minimum Gasteiger partial charge on any atom is -0.493 e. The molecule has 1 aliphatic rings. The Morgan fingerprint density at radius 1 is 1.03 bits per heavy atom. The van der Waals surface area contributed by atoms with Crippen LogP contribution in [0, 0.1) is 6.92 Å². The standard InChI is InChI=1S/C21H28N2O5S/c1-13-7-9-15-16(11-13)17(22-29(24,25)23(2)3)10-8-14-12-18(26-4)20(27-5)21(28-6)19(14)15/h7,9,11-12,17,22H,8,10H2,1-6H3/t17-/m0/s1. The third kappa shape index (κ3) is 3.92. The van der Waals surface area contributed by atoms with E-state index in [2.05, 4.69) is 4.72 Å². The fourth-order valence-corrected chi connectivity index (χ4v) is 4.58. The fourth-order valence-electron chi connectivity index (χ4n) is 3.76. The van der Waals surface area contributed by atoms with Gasteiger partial charge in [0.2, 0.25) is 5.75 Å². The highest BCUT2D eigenvalue weighted by atomic mass is 32.2. The zero-order valence-corrected chi connectivity index (χ0v) is 18.5. The lowest BCUT2D eigenvalue weighted by Gasteiger charge is -2.23. The summed E-state index contributed by atoms with van der Waals surface area (Å²) in [6.45, 7) is 2.00.